The van der Waals surface area contributed by atoms with Crippen LogP contribution >= 0.6 is 0 Å². The molecule has 156 valence electrons. The van der Waals surface area contributed by atoms with Gasteiger partial charge in [-0.15, -0.1) is 5.10 Å². The molecule has 0 spiro atoms. The number of aromatic amines is 1. The second-order valence-corrected chi connectivity index (χ2v) is 7.25. The molecule has 0 aliphatic rings. The van der Waals surface area contributed by atoms with Gasteiger partial charge in [0.2, 0.25) is 0 Å². The lowest BCUT2D eigenvalue weighted by molar-refractivity contribution is 0.176. The Balaban J connectivity index is 1.62. The van der Waals surface area contributed by atoms with Crippen molar-refractivity contribution in [3.05, 3.63) is 75.7 Å². The first-order valence-electron chi connectivity index (χ1n) is 9.73. The maximum Gasteiger partial charge on any atom is 0.252 e. The van der Waals surface area contributed by atoms with Crippen molar-refractivity contribution in [2.45, 2.75) is 33.1 Å². The highest BCUT2D eigenvalue weighted by molar-refractivity contribution is 5.79. The number of ether oxygens (including phenoxy) is 1. The van der Waals surface area contributed by atoms with E-state index < -0.39 is 0 Å². The summed E-state index contributed by atoms with van der Waals surface area (Å²) < 4.78 is 12.4. The number of nitrogens with one attached hydrogen (secondary N) is 1. The summed E-state index contributed by atoms with van der Waals surface area (Å²) in [7, 11) is 1.64. The lowest BCUT2D eigenvalue weighted by Gasteiger charge is -2.20. The molecule has 0 saturated carbocycles. The van der Waals surface area contributed by atoms with Gasteiger partial charge in [0.1, 0.15) is 5.76 Å². The largest absolute Gasteiger partial charge is 0.468 e. The van der Waals surface area contributed by atoms with Crippen LogP contribution < -0.4 is 5.56 Å². The monoisotopic (exact) mass is 408 g/mol. The number of hydrogen-bond acceptors (Lipinski definition) is 7. The summed E-state index contributed by atoms with van der Waals surface area (Å²) in [5.41, 5.74) is 2.55. The van der Waals surface area contributed by atoms with Crippen LogP contribution in [0.15, 0.2) is 51.9 Å². The number of aryl methyl sites for hydroxylation is 1. The Morgan fingerprint density at radius 1 is 1.20 bits per heavy atom. The highest BCUT2D eigenvalue weighted by atomic mass is 16.5. The number of tetrazole rings is 1. The average Bonchev–Trinajstić information content (AvgIpc) is 3.39. The summed E-state index contributed by atoms with van der Waals surface area (Å²) >= 11 is 0. The van der Waals surface area contributed by atoms with Gasteiger partial charge in [-0.2, -0.15) is 0 Å². The average molecular weight is 408 g/mol. The lowest BCUT2D eigenvalue weighted by atomic mass is 10.1. The molecule has 0 aliphatic heterocycles. The number of nitrogens with zero attached hydrogens (tertiary/aromatic N) is 5. The van der Waals surface area contributed by atoms with E-state index >= 15 is 0 Å². The molecule has 0 saturated heterocycles. The maximum absolute atomic E-state index is 12.7. The van der Waals surface area contributed by atoms with Gasteiger partial charge in [-0.3, -0.25) is 9.69 Å². The molecule has 0 amide bonds. The fourth-order valence-corrected chi connectivity index (χ4v) is 3.41. The molecule has 0 bridgehead atoms. The molecule has 0 aliphatic carbocycles. The number of aromatic nitrogens is 5. The summed E-state index contributed by atoms with van der Waals surface area (Å²) in [5, 5.41) is 13.0. The third-order valence-electron chi connectivity index (χ3n) is 4.91. The number of benzene rings is 1. The fourth-order valence-electron chi connectivity index (χ4n) is 3.41. The van der Waals surface area contributed by atoms with Gasteiger partial charge in [-0.05, 0) is 53.1 Å². The van der Waals surface area contributed by atoms with Gasteiger partial charge in [0, 0.05) is 24.7 Å². The van der Waals surface area contributed by atoms with E-state index in [4.69, 9.17) is 9.15 Å². The van der Waals surface area contributed by atoms with Crippen molar-refractivity contribution in [1.29, 1.82) is 0 Å². The van der Waals surface area contributed by atoms with Crippen LogP contribution in [0.5, 0.6) is 0 Å². The van der Waals surface area contributed by atoms with Crippen molar-refractivity contribution < 1.29 is 9.15 Å². The highest BCUT2D eigenvalue weighted by Gasteiger charge is 2.16. The molecular weight excluding hydrogens is 384 g/mol. The Hall–Kier alpha value is -3.30. The minimum absolute atomic E-state index is 0.102. The predicted octanol–water partition coefficient (Wildman–Crippen LogP) is 2.26. The molecule has 0 atom stereocenters. The van der Waals surface area contributed by atoms with Gasteiger partial charge in [-0.1, -0.05) is 11.6 Å². The van der Waals surface area contributed by atoms with Gasteiger partial charge in [0.05, 0.1) is 32.5 Å². The zero-order valence-electron chi connectivity index (χ0n) is 17.0. The van der Waals surface area contributed by atoms with Crippen molar-refractivity contribution in [2.24, 2.45) is 0 Å². The topological polar surface area (TPSA) is 102 Å². The Kier molecular flexibility index (Phi) is 6.01. The van der Waals surface area contributed by atoms with Gasteiger partial charge < -0.3 is 14.1 Å². The second kappa shape index (κ2) is 9.02. The van der Waals surface area contributed by atoms with Crippen molar-refractivity contribution >= 4 is 10.9 Å². The van der Waals surface area contributed by atoms with Gasteiger partial charge >= 0.3 is 0 Å². The molecule has 1 N–H and O–H groups in total. The smallest absolute Gasteiger partial charge is 0.252 e. The SMILES string of the molecule is COCCn1nnnc1CN(Cc1ccco1)Cc1cc2cc(C)ccc2[nH]c1=O. The molecule has 4 rings (SSSR count). The third-order valence-corrected chi connectivity index (χ3v) is 4.91. The Bertz CT molecular complexity index is 1170. The normalized spacial score (nSPS) is 11.6. The van der Waals surface area contributed by atoms with Crippen molar-refractivity contribution in [2.75, 3.05) is 13.7 Å². The van der Waals surface area contributed by atoms with E-state index in [0.29, 0.717) is 44.2 Å². The van der Waals surface area contributed by atoms with E-state index in [1.807, 2.05) is 37.3 Å². The first-order chi connectivity index (χ1) is 14.6. The van der Waals surface area contributed by atoms with E-state index in [2.05, 4.69) is 31.5 Å². The molecular formula is C21H24N6O3. The van der Waals surface area contributed by atoms with E-state index in [9.17, 15) is 4.79 Å². The van der Waals surface area contributed by atoms with Crippen LogP contribution in [0.3, 0.4) is 0 Å². The Morgan fingerprint density at radius 2 is 2.10 bits per heavy atom. The summed E-state index contributed by atoms with van der Waals surface area (Å²) in [6.45, 7) is 4.52. The maximum atomic E-state index is 12.7. The quantitative estimate of drug-likeness (QED) is 0.453. The Morgan fingerprint density at radius 3 is 2.90 bits per heavy atom. The number of methoxy groups -OCH3 is 1. The molecule has 4 aromatic rings. The van der Waals surface area contributed by atoms with Crippen molar-refractivity contribution in [3.63, 3.8) is 0 Å². The molecule has 3 aromatic heterocycles. The van der Waals surface area contributed by atoms with Gasteiger partial charge in [0.15, 0.2) is 5.82 Å². The number of furan rings is 1. The van der Waals surface area contributed by atoms with Crippen LogP contribution in [-0.4, -0.2) is 43.8 Å². The minimum atomic E-state index is -0.102. The zero-order valence-corrected chi connectivity index (χ0v) is 17.0. The fraction of sp³-hybridized carbons (Fsp3) is 0.333. The minimum Gasteiger partial charge on any atom is -0.468 e. The number of pyridine rings is 1. The number of fused-ring (bicyclic) bond motifs is 1. The van der Waals surface area contributed by atoms with Crippen molar-refractivity contribution in [1.82, 2.24) is 30.1 Å². The van der Waals surface area contributed by atoms with Crippen LogP contribution in [0.4, 0.5) is 0 Å². The molecule has 0 unspecified atom stereocenters. The van der Waals surface area contributed by atoms with E-state index in [1.165, 1.54) is 0 Å². The molecule has 9 nitrogen and oxygen atoms in total. The van der Waals surface area contributed by atoms with Crippen LogP contribution in [0, 0.1) is 6.92 Å². The van der Waals surface area contributed by atoms with Crippen LogP contribution in [-0.2, 0) is 30.9 Å². The first-order valence-corrected chi connectivity index (χ1v) is 9.73. The third kappa shape index (κ3) is 4.64. The summed E-state index contributed by atoms with van der Waals surface area (Å²) in [6.07, 6.45) is 1.64. The number of hydrogen-bond donors (Lipinski definition) is 1. The highest BCUT2D eigenvalue weighted by Crippen LogP contribution is 2.16. The van der Waals surface area contributed by atoms with Crippen LogP contribution in [0.2, 0.25) is 0 Å². The number of rotatable bonds is 9. The molecule has 0 radical (unpaired) electrons. The Labute approximate surface area is 173 Å². The van der Waals surface area contributed by atoms with Gasteiger partial charge in [0.25, 0.3) is 5.56 Å². The van der Waals surface area contributed by atoms with Crippen LogP contribution in [0.25, 0.3) is 10.9 Å². The number of H-pyrrole nitrogens is 1. The van der Waals surface area contributed by atoms with Gasteiger partial charge in [-0.25, -0.2) is 4.68 Å². The summed E-state index contributed by atoms with van der Waals surface area (Å²) in [4.78, 5) is 17.8. The lowest BCUT2D eigenvalue weighted by Crippen LogP contribution is -2.28. The molecule has 3 heterocycles. The zero-order chi connectivity index (χ0) is 20.9. The molecule has 0 fully saturated rings. The molecule has 9 heteroatoms. The molecule has 1 aromatic carbocycles. The van der Waals surface area contributed by atoms with Crippen LogP contribution in [0.1, 0.15) is 22.7 Å². The van der Waals surface area contributed by atoms with Crippen molar-refractivity contribution in [3.8, 4) is 0 Å². The van der Waals surface area contributed by atoms with E-state index in [-0.39, 0.29) is 5.56 Å². The summed E-state index contributed by atoms with van der Waals surface area (Å²) in [6, 6.07) is 11.7. The summed E-state index contributed by atoms with van der Waals surface area (Å²) in [5.74, 6) is 1.51. The molecule has 30 heavy (non-hydrogen) atoms. The predicted molar refractivity (Wildman–Crippen MR) is 111 cm³/mol. The van der Waals surface area contributed by atoms with E-state index in [1.54, 1.807) is 18.1 Å². The standard InChI is InChI=1S/C21H24N6O3/c1-15-5-6-19-16(10-15)11-17(21(28)22-19)12-26(13-18-4-3-8-30-18)14-20-23-24-25-27(20)7-9-29-2/h3-6,8,10-11H,7,9,12-14H2,1-2H3,(H,22,28). The van der Waals surface area contributed by atoms with E-state index in [0.717, 1.165) is 22.2 Å². The second-order valence-electron chi connectivity index (χ2n) is 7.25. The first kappa shape index (κ1) is 20.0.